The highest BCUT2D eigenvalue weighted by Crippen LogP contribution is 2.28. The molecule has 1 aromatic heterocycles. The molecule has 52 heavy (non-hydrogen) atoms. The third-order valence-electron chi connectivity index (χ3n) is 8.49. The van der Waals surface area contributed by atoms with E-state index in [1.54, 1.807) is 26.2 Å². The van der Waals surface area contributed by atoms with Crippen molar-refractivity contribution in [1.82, 2.24) is 21.1 Å². The summed E-state index contributed by atoms with van der Waals surface area (Å²) < 4.78 is 17.0. The van der Waals surface area contributed by atoms with Gasteiger partial charge in [-0.05, 0) is 82.2 Å². The molecule has 3 rings (SSSR count). The molecule has 3 N–H and O–H groups in total. The number of thiophene rings is 1. The van der Waals surface area contributed by atoms with Gasteiger partial charge in [0.15, 0.2) is 0 Å². The third-order valence-corrected chi connectivity index (χ3v) is 10.3. The van der Waals surface area contributed by atoms with Crippen LogP contribution in [0.2, 0.25) is 0 Å². The molecular formula is C39H56N4O7S2. The van der Waals surface area contributed by atoms with Gasteiger partial charge in [-0.2, -0.15) is 0 Å². The highest BCUT2D eigenvalue weighted by atomic mass is 32.2. The van der Waals surface area contributed by atoms with E-state index in [9.17, 15) is 19.2 Å². The Hall–Kier alpha value is -3.65. The number of carbonyl (C=O) groups is 4. The summed E-state index contributed by atoms with van der Waals surface area (Å²) in [5, 5.41) is 7.24. The molecule has 1 aliphatic heterocycles. The number of hydrogen-bond acceptors (Lipinski definition) is 10. The highest BCUT2D eigenvalue weighted by molar-refractivity contribution is 7.96. The Bertz CT molecular complexity index is 1520. The smallest absolute Gasteiger partial charge is 0.325 e. The van der Waals surface area contributed by atoms with Crippen molar-refractivity contribution in [3.63, 3.8) is 0 Å². The van der Waals surface area contributed by atoms with Crippen molar-refractivity contribution in [2.75, 3.05) is 13.7 Å². The molecule has 0 radical (unpaired) electrons. The lowest BCUT2D eigenvalue weighted by Gasteiger charge is -2.35. The van der Waals surface area contributed by atoms with E-state index in [1.807, 2.05) is 71.0 Å². The first-order valence-corrected chi connectivity index (χ1v) is 19.4. The predicted octanol–water partition coefficient (Wildman–Crippen LogP) is 6.24. The van der Waals surface area contributed by atoms with Crippen molar-refractivity contribution in [3.05, 3.63) is 70.9 Å². The molecule has 3 amide bonds. The first kappa shape index (κ1) is 42.8. The van der Waals surface area contributed by atoms with Crippen LogP contribution in [0, 0.1) is 11.8 Å². The van der Waals surface area contributed by atoms with E-state index in [4.69, 9.17) is 13.7 Å². The van der Waals surface area contributed by atoms with Gasteiger partial charge in [-0.3, -0.25) is 24.2 Å². The van der Waals surface area contributed by atoms with E-state index in [0.29, 0.717) is 38.0 Å². The van der Waals surface area contributed by atoms with E-state index >= 15 is 0 Å². The molecular weight excluding hydrogens is 701 g/mol. The van der Waals surface area contributed by atoms with Crippen LogP contribution >= 0.6 is 23.4 Å². The van der Waals surface area contributed by atoms with Crippen LogP contribution in [0.25, 0.3) is 6.08 Å². The van der Waals surface area contributed by atoms with Gasteiger partial charge in [0.2, 0.25) is 11.8 Å². The number of benzene rings is 1. The molecule has 13 heteroatoms. The van der Waals surface area contributed by atoms with Gasteiger partial charge in [-0.1, -0.05) is 51.6 Å². The van der Waals surface area contributed by atoms with Crippen molar-refractivity contribution in [2.45, 2.75) is 109 Å². The average molecular weight is 757 g/mol. The average Bonchev–Trinajstić information content (AvgIpc) is 3.59. The predicted molar refractivity (Wildman–Crippen MR) is 208 cm³/mol. The van der Waals surface area contributed by atoms with Crippen molar-refractivity contribution < 1.29 is 32.8 Å². The molecule has 286 valence electrons. The zero-order chi connectivity index (χ0) is 38.4. The molecule has 1 saturated heterocycles. The molecule has 11 nitrogen and oxygen atoms in total. The SMILES string of the molecule is C=CCC[C@@H](OC)[C@@H](C)C(=O)N[C@H](C(=O)N[C@@H](Cc1cccc(OSC(C)(C)C)c1)C(=O)N1CCC[C@@H](C(=O)OCc2ccc(C=C)s2)N1)C(C)C. The molecule has 2 heterocycles. The van der Waals surface area contributed by atoms with Gasteiger partial charge in [0, 0.05) is 34.6 Å². The molecule has 5 atom stereocenters. The van der Waals surface area contributed by atoms with Crippen molar-refractivity contribution >= 4 is 53.1 Å². The van der Waals surface area contributed by atoms with Gasteiger partial charge in [-0.25, -0.2) is 5.43 Å². The standard InChI is InChI=1S/C39H56N4O7S2/c1-10-12-18-33(48-9)26(5)35(44)41-34(25(3)4)36(45)40-32(23-27-15-13-16-28(22-27)50-52-39(6,7)8)37(46)43-21-14-17-31(42-43)38(47)49-24-30-20-19-29(11-2)51-30/h10-11,13,15-16,19-20,22,25-26,31-34,42H,1-2,12,14,17-18,21,23-24H2,3-9H3,(H,40,45)(H,41,44)/t26-,31+,32+,33-,34+/m1/s1. The van der Waals surface area contributed by atoms with E-state index in [0.717, 1.165) is 15.3 Å². The summed E-state index contributed by atoms with van der Waals surface area (Å²) >= 11 is 2.82. The van der Waals surface area contributed by atoms with Gasteiger partial charge in [-0.15, -0.1) is 17.9 Å². The topological polar surface area (TPSA) is 135 Å². The summed E-state index contributed by atoms with van der Waals surface area (Å²) in [6.45, 7) is 19.5. The van der Waals surface area contributed by atoms with Gasteiger partial charge < -0.3 is 24.3 Å². The molecule has 0 aliphatic carbocycles. The lowest BCUT2D eigenvalue weighted by atomic mass is 9.96. The maximum Gasteiger partial charge on any atom is 0.325 e. The number of carbonyl (C=O) groups excluding carboxylic acids is 4. The minimum absolute atomic E-state index is 0.119. The van der Waals surface area contributed by atoms with Crippen LogP contribution in [0.4, 0.5) is 0 Å². The van der Waals surface area contributed by atoms with Crippen molar-refractivity contribution in [1.29, 1.82) is 0 Å². The number of amides is 3. The first-order valence-electron chi connectivity index (χ1n) is 17.8. The lowest BCUT2D eigenvalue weighted by Crippen LogP contribution is -2.62. The fourth-order valence-electron chi connectivity index (χ4n) is 5.57. The van der Waals surface area contributed by atoms with Crippen LogP contribution in [0.15, 0.2) is 55.6 Å². The monoisotopic (exact) mass is 756 g/mol. The van der Waals surface area contributed by atoms with Crippen LogP contribution in [-0.4, -0.2) is 71.3 Å². The Morgan fingerprint density at radius 1 is 1.10 bits per heavy atom. The number of hydrogen-bond donors (Lipinski definition) is 3. The number of ether oxygens (including phenoxy) is 2. The summed E-state index contributed by atoms with van der Waals surface area (Å²) in [7, 11) is 1.56. The maximum atomic E-state index is 14.3. The number of hydrazine groups is 1. The number of methoxy groups -OCH3 is 1. The third kappa shape index (κ3) is 13.4. The van der Waals surface area contributed by atoms with Crippen LogP contribution in [0.5, 0.6) is 5.75 Å². The number of nitrogens with one attached hydrogen (secondary N) is 3. The molecule has 0 bridgehead atoms. The Labute approximate surface area is 317 Å². The first-order chi connectivity index (χ1) is 24.6. The Kier molecular flexibility index (Phi) is 16.9. The second kappa shape index (κ2) is 20.6. The zero-order valence-corrected chi connectivity index (χ0v) is 33.2. The molecule has 1 aromatic carbocycles. The van der Waals surface area contributed by atoms with Crippen LogP contribution in [0.1, 0.15) is 82.5 Å². The summed E-state index contributed by atoms with van der Waals surface area (Å²) in [6.07, 6.45) is 5.65. The summed E-state index contributed by atoms with van der Waals surface area (Å²) in [4.78, 5) is 56.6. The fraction of sp³-hybridized carbons (Fsp3) is 0.538. The van der Waals surface area contributed by atoms with E-state index < -0.39 is 41.8 Å². The molecule has 2 aromatic rings. The number of rotatable bonds is 19. The van der Waals surface area contributed by atoms with E-state index in [-0.39, 0.29) is 35.7 Å². The Balaban J connectivity index is 1.81. The normalized spacial score (nSPS) is 17.0. The van der Waals surface area contributed by atoms with Gasteiger partial charge in [0.25, 0.3) is 5.91 Å². The Morgan fingerprint density at radius 3 is 2.48 bits per heavy atom. The van der Waals surface area contributed by atoms with Gasteiger partial charge in [0.1, 0.15) is 30.5 Å². The molecule has 1 aliphatic rings. The quantitative estimate of drug-likeness (QED) is 0.0865. The van der Waals surface area contributed by atoms with Crippen LogP contribution < -0.4 is 20.2 Å². The number of esters is 1. The molecule has 0 spiro atoms. The maximum absolute atomic E-state index is 14.3. The second-order valence-corrected chi connectivity index (χ2v) is 17.0. The van der Waals surface area contributed by atoms with E-state index in [2.05, 4.69) is 29.2 Å². The fourth-order valence-corrected chi connectivity index (χ4v) is 6.79. The van der Waals surface area contributed by atoms with Crippen LogP contribution in [0.3, 0.4) is 0 Å². The lowest BCUT2D eigenvalue weighted by molar-refractivity contribution is -0.154. The number of nitrogens with zero attached hydrogens (tertiary/aromatic N) is 1. The molecule has 0 saturated carbocycles. The van der Waals surface area contributed by atoms with Crippen molar-refractivity contribution in [2.24, 2.45) is 11.8 Å². The molecule has 0 unspecified atom stereocenters. The summed E-state index contributed by atoms with van der Waals surface area (Å²) in [5.74, 6) is -1.89. The van der Waals surface area contributed by atoms with Gasteiger partial charge in [0.05, 0.1) is 24.1 Å². The minimum Gasteiger partial charge on any atom is -0.459 e. The molecule has 1 fully saturated rings. The summed E-state index contributed by atoms with van der Waals surface area (Å²) in [6, 6.07) is 8.50. The Morgan fingerprint density at radius 2 is 1.85 bits per heavy atom. The van der Waals surface area contributed by atoms with E-state index in [1.165, 1.54) is 28.4 Å². The highest BCUT2D eigenvalue weighted by Gasteiger charge is 2.36. The minimum atomic E-state index is -1.03. The largest absolute Gasteiger partial charge is 0.459 e. The zero-order valence-electron chi connectivity index (χ0n) is 31.6. The van der Waals surface area contributed by atoms with Crippen LogP contribution in [-0.2, 0) is 41.7 Å². The second-order valence-electron chi connectivity index (χ2n) is 14.3. The summed E-state index contributed by atoms with van der Waals surface area (Å²) in [5.41, 5.74) is 3.82. The van der Waals surface area contributed by atoms with Crippen molar-refractivity contribution in [3.8, 4) is 5.75 Å². The van der Waals surface area contributed by atoms with Gasteiger partial charge >= 0.3 is 5.97 Å². The number of allylic oxidation sites excluding steroid dienone is 1.